The summed E-state index contributed by atoms with van der Waals surface area (Å²) < 4.78 is 5.45. The number of halogens is 1. The number of rotatable bonds is 6. The highest BCUT2D eigenvalue weighted by atomic mass is 35.5. The van der Waals surface area contributed by atoms with Gasteiger partial charge in [0, 0.05) is 24.4 Å². The molecule has 1 unspecified atom stereocenters. The van der Waals surface area contributed by atoms with Gasteiger partial charge in [-0.3, -0.25) is 14.5 Å². The van der Waals surface area contributed by atoms with Crippen LogP contribution < -0.4 is 0 Å². The lowest BCUT2D eigenvalue weighted by atomic mass is 9.98. The molecule has 1 saturated heterocycles. The van der Waals surface area contributed by atoms with Crippen molar-refractivity contribution >= 4 is 23.4 Å². The van der Waals surface area contributed by atoms with E-state index >= 15 is 0 Å². The fraction of sp³-hybridized carbons (Fsp3) is 0.556. The average Bonchev–Trinajstić information content (AvgIpc) is 2.48. The van der Waals surface area contributed by atoms with Gasteiger partial charge in [-0.1, -0.05) is 30.7 Å². The number of carbonyl (C=O) groups is 2. The second-order valence-electron chi connectivity index (χ2n) is 6.63. The summed E-state index contributed by atoms with van der Waals surface area (Å²) in [5, 5.41) is 0.686. The molecule has 1 aromatic rings. The van der Waals surface area contributed by atoms with Gasteiger partial charge >= 0.3 is 5.97 Å². The first kappa shape index (κ1) is 18.0. The Bertz CT molecular complexity index is 568. The van der Waals surface area contributed by atoms with Crippen LogP contribution in [0.25, 0.3) is 0 Å². The van der Waals surface area contributed by atoms with Crippen LogP contribution in [0, 0.1) is 0 Å². The van der Waals surface area contributed by atoms with Crippen LogP contribution in [0.5, 0.6) is 0 Å². The number of hydrogen-bond donors (Lipinski definition) is 0. The second-order valence-corrected chi connectivity index (χ2v) is 7.07. The number of morpholine rings is 1. The molecule has 0 amide bonds. The number of benzene rings is 1. The molecule has 0 aliphatic carbocycles. The Labute approximate surface area is 142 Å². The number of likely N-dealkylation sites (N-methyl/N-ethyl adjacent to an activating group) is 1. The summed E-state index contributed by atoms with van der Waals surface area (Å²) in [4.78, 5) is 26.5. The summed E-state index contributed by atoms with van der Waals surface area (Å²) in [6, 6.07) is 7.03. The van der Waals surface area contributed by atoms with Gasteiger partial charge < -0.3 is 4.74 Å². The lowest BCUT2D eigenvalue weighted by Crippen LogP contribution is -2.57. The predicted molar refractivity (Wildman–Crippen MR) is 90.6 cm³/mol. The molecular formula is C18H24ClNO3. The molecule has 1 aromatic carbocycles. The Kier molecular flexibility index (Phi) is 5.82. The van der Waals surface area contributed by atoms with E-state index in [9.17, 15) is 9.59 Å². The third-order valence-corrected chi connectivity index (χ3v) is 4.36. The lowest BCUT2D eigenvalue weighted by Gasteiger charge is -2.41. The van der Waals surface area contributed by atoms with Crippen LogP contribution in [0.15, 0.2) is 24.3 Å². The molecule has 0 bridgehead atoms. The van der Waals surface area contributed by atoms with Crippen LogP contribution in [-0.4, -0.2) is 41.4 Å². The minimum atomic E-state index is -0.490. The molecule has 0 spiro atoms. The molecule has 23 heavy (non-hydrogen) atoms. The third kappa shape index (κ3) is 5.05. The third-order valence-electron chi connectivity index (χ3n) is 4.11. The number of hydrogen-bond acceptors (Lipinski definition) is 4. The minimum Gasteiger partial charge on any atom is -0.457 e. The number of aryl methyl sites for hydroxylation is 1. The van der Waals surface area contributed by atoms with E-state index in [-0.39, 0.29) is 18.2 Å². The monoisotopic (exact) mass is 337 g/mol. The van der Waals surface area contributed by atoms with E-state index in [4.69, 9.17) is 16.3 Å². The van der Waals surface area contributed by atoms with Crippen LogP contribution in [-0.2, 0) is 20.7 Å². The van der Waals surface area contributed by atoms with Crippen molar-refractivity contribution in [3.63, 3.8) is 0 Å². The molecule has 1 fully saturated rings. The second kappa shape index (κ2) is 7.45. The van der Waals surface area contributed by atoms with Gasteiger partial charge in [-0.2, -0.15) is 0 Å². The smallest absolute Gasteiger partial charge is 0.324 e. The minimum absolute atomic E-state index is 0.0834. The van der Waals surface area contributed by atoms with Crippen molar-refractivity contribution in [1.29, 1.82) is 0 Å². The van der Waals surface area contributed by atoms with Gasteiger partial charge in [-0.15, -0.1) is 0 Å². The summed E-state index contributed by atoms with van der Waals surface area (Å²) in [6.07, 6.45) is 1.30. The van der Waals surface area contributed by atoms with Crippen LogP contribution in [0.2, 0.25) is 5.02 Å². The summed E-state index contributed by atoms with van der Waals surface area (Å²) >= 11 is 5.85. The van der Waals surface area contributed by atoms with Crippen LogP contribution in [0.1, 0.15) is 39.2 Å². The van der Waals surface area contributed by atoms with E-state index in [0.717, 1.165) is 12.1 Å². The first-order chi connectivity index (χ1) is 10.8. The molecule has 4 nitrogen and oxygen atoms in total. The summed E-state index contributed by atoms with van der Waals surface area (Å²) in [7, 11) is 0. The number of ketones is 1. The van der Waals surface area contributed by atoms with Crippen molar-refractivity contribution in [2.24, 2.45) is 0 Å². The Hall–Kier alpha value is -1.39. The number of cyclic esters (lactones) is 1. The Morgan fingerprint density at radius 3 is 2.61 bits per heavy atom. The fourth-order valence-corrected chi connectivity index (χ4v) is 3.04. The van der Waals surface area contributed by atoms with E-state index in [2.05, 4.69) is 0 Å². The summed E-state index contributed by atoms with van der Waals surface area (Å²) in [6.45, 7) is 7.18. The van der Waals surface area contributed by atoms with Crippen molar-refractivity contribution in [3.05, 3.63) is 34.9 Å². The van der Waals surface area contributed by atoms with Gasteiger partial charge in [-0.25, -0.2) is 0 Å². The van der Waals surface area contributed by atoms with Gasteiger partial charge in [-0.05, 0) is 44.5 Å². The first-order valence-corrected chi connectivity index (χ1v) is 8.41. The average molecular weight is 338 g/mol. The maximum Gasteiger partial charge on any atom is 0.324 e. The molecule has 1 aliphatic heterocycles. The quantitative estimate of drug-likeness (QED) is 0.747. The molecule has 0 N–H and O–H groups in total. The number of carbonyl (C=O) groups excluding carboxylic acids is 2. The van der Waals surface area contributed by atoms with Crippen molar-refractivity contribution in [3.8, 4) is 0 Å². The maximum absolute atomic E-state index is 12.3. The zero-order chi connectivity index (χ0) is 17.0. The van der Waals surface area contributed by atoms with Gasteiger partial charge in [0.25, 0.3) is 0 Å². The Morgan fingerprint density at radius 1 is 1.35 bits per heavy atom. The van der Waals surface area contributed by atoms with Crippen molar-refractivity contribution in [2.75, 3.05) is 13.1 Å². The first-order valence-electron chi connectivity index (χ1n) is 8.04. The van der Waals surface area contributed by atoms with Crippen LogP contribution >= 0.6 is 11.6 Å². The molecule has 126 valence electrons. The molecule has 0 radical (unpaired) electrons. The highest BCUT2D eigenvalue weighted by molar-refractivity contribution is 6.30. The molecule has 0 saturated carbocycles. The Balaban J connectivity index is 1.90. The van der Waals surface area contributed by atoms with Gasteiger partial charge in [0.05, 0.1) is 0 Å². The van der Waals surface area contributed by atoms with Crippen molar-refractivity contribution in [2.45, 2.75) is 51.7 Å². The lowest BCUT2D eigenvalue weighted by molar-refractivity contribution is -0.178. The maximum atomic E-state index is 12.3. The van der Waals surface area contributed by atoms with E-state index in [1.54, 1.807) is 0 Å². The SMILES string of the molecule is CCN1CC(C)(C)OC(=O)C1CC(=O)CCc1ccc(Cl)cc1. The number of esters is 1. The van der Waals surface area contributed by atoms with E-state index < -0.39 is 11.6 Å². The van der Waals surface area contributed by atoms with Gasteiger partial charge in [0.15, 0.2) is 0 Å². The predicted octanol–water partition coefficient (Wildman–Crippen LogP) is 3.26. The molecule has 1 heterocycles. The molecular weight excluding hydrogens is 314 g/mol. The van der Waals surface area contributed by atoms with Crippen LogP contribution in [0.4, 0.5) is 0 Å². The van der Waals surface area contributed by atoms with Crippen LogP contribution in [0.3, 0.4) is 0 Å². The van der Waals surface area contributed by atoms with Gasteiger partial charge in [0.2, 0.25) is 0 Å². The van der Waals surface area contributed by atoms with Crippen molar-refractivity contribution < 1.29 is 14.3 Å². The Morgan fingerprint density at radius 2 is 2.00 bits per heavy atom. The molecule has 0 aromatic heterocycles. The number of nitrogens with zero attached hydrogens (tertiary/aromatic N) is 1. The molecule has 5 heteroatoms. The normalized spacial score (nSPS) is 21.0. The van der Waals surface area contributed by atoms with E-state index in [1.165, 1.54) is 0 Å². The molecule has 1 atom stereocenters. The largest absolute Gasteiger partial charge is 0.457 e. The fourth-order valence-electron chi connectivity index (χ4n) is 2.92. The highest BCUT2D eigenvalue weighted by Crippen LogP contribution is 2.24. The number of ether oxygens (including phenoxy) is 1. The van der Waals surface area contributed by atoms with Crippen molar-refractivity contribution in [1.82, 2.24) is 4.90 Å². The van der Waals surface area contributed by atoms with E-state index in [1.807, 2.05) is 49.9 Å². The zero-order valence-corrected chi connectivity index (χ0v) is 14.7. The summed E-state index contributed by atoms with van der Waals surface area (Å²) in [5.41, 5.74) is 0.582. The molecule has 2 rings (SSSR count). The standard InChI is InChI=1S/C18H24ClNO3/c1-4-20-12-18(2,3)23-17(22)16(20)11-15(21)10-7-13-5-8-14(19)9-6-13/h5-6,8-9,16H,4,7,10-12H2,1-3H3. The van der Waals surface area contributed by atoms with E-state index in [0.29, 0.717) is 24.4 Å². The van der Waals surface area contributed by atoms with Gasteiger partial charge in [0.1, 0.15) is 17.4 Å². The highest BCUT2D eigenvalue weighted by Gasteiger charge is 2.40. The molecule has 1 aliphatic rings. The summed E-state index contributed by atoms with van der Waals surface area (Å²) in [5.74, 6) is -0.206. The number of Topliss-reactive ketones (excluding diaryl/α,β-unsaturated/α-hetero) is 1. The zero-order valence-electron chi connectivity index (χ0n) is 14.0. The topological polar surface area (TPSA) is 46.6 Å².